The van der Waals surface area contributed by atoms with Crippen LogP contribution in [0.25, 0.3) is 0 Å². The van der Waals surface area contributed by atoms with Crippen molar-refractivity contribution in [3.05, 3.63) is 16.1 Å². The number of nitrogens with zero attached hydrogens (tertiary/aromatic N) is 1. The molecule has 1 N–H and O–H groups in total. The molecule has 1 fully saturated rings. The first-order chi connectivity index (χ1) is 7.79. The molecule has 0 aliphatic heterocycles. The number of aromatic nitrogens is 1. The molecular formula is C12H20N2S2. The second-order valence-electron chi connectivity index (χ2n) is 4.45. The molecule has 1 aromatic rings. The van der Waals surface area contributed by atoms with Gasteiger partial charge in [-0.25, -0.2) is 4.98 Å². The van der Waals surface area contributed by atoms with Gasteiger partial charge in [-0.15, -0.1) is 11.3 Å². The molecule has 0 unspecified atom stereocenters. The largest absolute Gasteiger partial charge is 0.309 e. The molecule has 0 atom stereocenters. The lowest BCUT2D eigenvalue weighted by Crippen LogP contribution is -2.33. The molecule has 2 rings (SSSR count). The van der Waals surface area contributed by atoms with Crippen LogP contribution in [-0.4, -0.2) is 22.5 Å². The average molecular weight is 256 g/mol. The third-order valence-corrected chi connectivity index (χ3v) is 5.48. The van der Waals surface area contributed by atoms with Crippen LogP contribution in [-0.2, 0) is 6.54 Å². The molecule has 0 spiro atoms. The fraction of sp³-hybridized carbons (Fsp3) is 0.750. The minimum absolute atomic E-state index is 0.727. The Hall–Kier alpha value is -0.0600. The van der Waals surface area contributed by atoms with E-state index in [0.717, 1.165) is 17.8 Å². The van der Waals surface area contributed by atoms with Crippen LogP contribution in [0.1, 0.15) is 36.3 Å². The highest BCUT2D eigenvalue weighted by atomic mass is 32.2. The monoisotopic (exact) mass is 256 g/mol. The molecule has 0 saturated heterocycles. The maximum absolute atomic E-state index is 4.28. The third kappa shape index (κ3) is 3.22. The van der Waals surface area contributed by atoms with E-state index in [9.17, 15) is 0 Å². The summed E-state index contributed by atoms with van der Waals surface area (Å²) in [6, 6.07) is 0.727. The molecule has 0 radical (unpaired) electrons. The molecule has 0 amide bonds. The number of aryl methyl sites for hydroxylation is 1. The molecular weight excluding hydrogens is 236 g/mol. The van der Waals surface area contributed by atoms with E-state index in [0.29, 0.717) is 0 Å². The Morgan fingerprint density at radius 1 is 1.44 bits per heavy atom. The molecule has 4 heteroatoms. The first-order valence-electron chi connectivity index (χ1n) is 5.94. The Morgan fingerprint density at radius 2 is 2.19 bits per heavy atom. The summed E-state index contributed by atoms with van der Waals surface area (Å²) in [5.41, 5.74) is 3.13. The summed E-state index contributed by atoms with van der Waals surface area (Å²) >= 11 is 3.80. The van der Waals surface area contributed by atoms with Crippen LogP contribution < -0.4 is 5.32 Å². The van der Waals surface area contributed by atoms with Crippen molar-refractivity contribution in [1.29, 1.82) is 0 Å². The van der Waals surface area contributed by atoms with Crippen LogP contribution >= 0.6 is 23.1 Å². The summed E-state index contributed by atoms with van der Waals surface area (Å²) in [6.07, 6.45) is 7.66. The maximum Gasteiger partial charge on any atom is 0.0798 e. The van der Waals surface area contributed by atoms with E-state index < -0.39 is 0 Å². The second kappa shape index (κ2) is 6.03. The second-order valence-corrected chi connectivity index (χ2v) is 6.53. The lowest BCUT2D eigenvalue weighted by atomic mass is 9.95. The van der Waals surface area contributed by atoms with Crippen molar-refractivity contribution in [2.75, 3.05) is 6.26 Å². The molecule has 1 aromatic heterocycles. The van der Waals surface area contributed by atoms with Gasteiger partial charge in [-0.1, -0.05) is 0 Å². The number of hydrogen-bond acceptors (Lipinski definition) is 4. The molecule has 0 bridgehead atoms. The van der Waals surface area contributed by atoms with E-state index in [1.54, 1.807) is 11.3 Å². The first kappa shape index (κ1) is 12.4. The van der Waals surface area contributed by atoms with Crippen LogP contribution in [0, 0.1) is 6.92 Å². The lowest BCUT2D eigenvalue weighted by molar-refractivity contribution is 0.379. The van der Waals surface area contributed by atoms with Gasteiger partial charge in [0.05, 0.1) is 11.2 Å². The quantitative estimate of drug-likeness (QED) is 0.895. The highest BCUT2D eigenvalue weighted by molar-refractivity contribution is 7.99. The van der Waals surface area contributed by atoms with Crippen molar-refractivity contribution in [2.45, 2.75) is 50.4 Å². The molecule has 0 aromatic carbocycles. The highest BCUT2D eigenvalue weighted by Gasteiger charge is 2.20. The van der Waals surface area contributed by atoms with Gasteiger partial charge >= 0.3 is 0 Å². The van der Waals surface area contributed by atoms with E-state index in [4.69, 9.17) is 0 Å². The van der Waals surface area contributed by atoms with Crippen molar-refractivity contribution in [2.24, 2.45) is 0 Å². The van der Waals surface area contributed by atoms with Crippen molar-refractivity contribution >= 4 is 23.1 Å². The zero-order valence-corrected chi connectivity index (χ0v) is 11.7. The highest BCUT2D eigenvalue weighted by Crippen LogP contribution is 2.27. The Kier molecular flexibility index (Phi) is 4.67. The average Bonchev–Trinajstić information content (AvgIpc) is 2.73. The smallest absolute Gasteiger partial charge is 0.0798 e. The van der Waals surface area contributed by atoms with Gasteiger partial charge in [0.1, 0.15) is 0 Å². The summed E-state index contributed by atoms with van der Waals surface area (Å²) in [5, 5.41) is 4.58. The summed E-state index contributed by atoms with van der Waals surface area (Å²) in [4.78, 5) is 5.68. The fourth-order valence-electron chi connectivity index (χ4n) is 2.24. The summed E-state index contributed by atoms with van der Waals surface area (Å²) < 4.78 is 0. The Labute approximate surface area is 106 Å². The predicted octanol–water partition coefficient (Wildman–Crippen LogP) is 3.22. The SMILES string of the molecule is CSC1CCC(NCc2scnc2C)CC1. The van der Waals surface area contributed by atoms with Gasteiger partial charge in [0.2, 0.25) is 0 Å². The predicted molar refractivity (Wildman–Crippen MR) is 73.2 cm³/mol. The van der Waals surface area contributed by atoms with Crippen LogP contribution in [0.5, 0.6) is 0 Å². The van der Waals surface area contributed by atoms with Gasteiger partial charge in [-0.3, -0.25) is 0 Å². The van der Waals surface area contributed by atoms with Crippen LogP contribution in [0.15, 0.2) is 5.51 Å². The Bertz CT molecular complexity index is 317. The van der Waals surface area contributed by atoms with Gasteiger partial charge in [-0.2, -0.15) is 11.8 Å². The van der Waals surface area contributed by atoms with Crippen molar-refractivity contribution in [1.82, 2.24) is 10.3 Å². The summed E-state index contributed by atoms with van der Waals surface area (Å²) in [5.74, 6) is 0. The van der Waals surface area contributed by atoms with E-state index in [1.807, 2.05) is 17.3 Å². The van der Waals surface area contributed by atoms with Crippen molar-refractivity contribution < 1.29 is 0 Å². The van der Waals surface area contributed by atoms with Crippen LogP contribution in [0.4, 0.5) is 0 Å². The summed E-state index contributed by atoms with van der Waals surface area (Å²) in [6.45, 7) is 3.10. The van der Waals surface area contributed by atoms with Crippen LogP contribution in [0.3, 0.4) is 0 Å². The molecule has 1 saturated carbocycles. The normalized spacial score (nSPS) is 25.9. The summed E-state index contributed by atoms with van der Waals surface area (Å²) in [7, 11) is 0. The maximum atomic E-state index is 4.28. The standard InChI is InChI=1S/C12H20N2S2/c1-9-12(16-8-14-9)7-13-10-3-5-11(15-2)6-4-10/h8,10-11,13H,3-7H2,1-2H3. The lowest BCUT2D eigenvalue weighted by Gasteiger charge is -2.28. The van der Waals surface area contributed by atoms with E-state index in [-0.39, 0.29) is 0 Å². The van der Waals surface area contributed by atoms with E-state index in [1.165, 1.54) is 36.3 Å². The zero-order chi connectivity index (χ0) is 11.4. The minimum atomic E-state index is 0.727. The Morgan fingerprint density at radius 3 is 2.75 bits per heavy atom. The molecule has 1 aliphatic carbocycles. The number of nitrogens with one attached hydrogen (secondary N) is 1. The topological polar surface area (TPSA) is 24.9 Å². The zero-order valence-electron chi connectivity index (χ0n) is 10.0. The number of hydrogen-bond donors (Lipinski definition) is 1. The van der Waals surface area contributed by atoms with Gasteiger partial charge in [0.15, 0.2) is 0 Å². The molecule has 1 aliphatic rings. The van der Waals surface area contributed by atoms with Crippen LogP contribution in [0.2, 0.25) is 0 Å². The molecule has 90 valence electrons. The van der Waals surface area contributed by atoms with Gasteiger partial charge in [-0.05, 0) is 38.9 Å². The van der Waals surface area contributed by atoms with Gasteiger partial charge in [0.25, 0.3) is 0 Å². The number of rotatable bonds is 4. The molecule has 16 heavy (non-hydrogen) atoms. The Balaban J connectivity index is 1.73. The van der Waals surface area contributed by atoms with Crippen molar-refractivity contribution in [3.8, 4) is 0 Å². The van der Waals surface area contributed by atoms with Gasteiger partial charge in [0, 0.05) is 22.7 Å². The van der Waals surface area contributed by atoms with Gasteiger partial charge < -0.3 is 5.32 Å². The molecule has 1 heterocycles. The fourth-order valence-corrected chi connectivity index (χ4v) is 3.71. The van der Waals surface area contributed by atoms with E-state index >= 15 is 0 Å². The van der Waals surface area contributed by atoms with E-state index in [2.05, 4.69) is 23.5 Å². The number of thioether (sulfide) groups is 1. The van der Waals surface area contributed by atoms with Crippen molar-refractivity contribution in [3.63, 3.8) is 0 Å². The molecule has 2 nitrogen and oxygen atoms in total. The third-order valence-electron chi connectivity index (χ3n) is 3.40. The minimum Gasteiger partial charge on any atom is -0.309 e. The first-order valence-corrected chi connectivity index (χ1v) is 8.11. The number of thiazole rings is 1.